The Morgan fingerprint density at radius 1 is 1.50 bits per heavy atom. The van der Waals surface area contributed by atoms with E-state index in [1.807, 2.05) is 0 Å². The molecule has 0 saturated carbocycles. The van der Waals surface area contributed by atoms with Crippen molar-refractivity contribution in [3.05, 3.63) is 0 Å². The van der Waals surface area contributed by atoms with Gasteiger partial charge in [-0.2, -0.15) is 0 Å². The normalized spacial score (nSPS) is 3.00. The van der Waals surface area contributed by atoms with Crippen LogP contribution >= 0.6 is 0 Å². The molecule has 0 aromatic carbocycles. The molecule has 0 fully saturated rings. The second kappa shape index (κ2) is 98.9. The van der Waals surface area contributed by atoms with Crippen LogP contribution in [-0.4, -0.2) is 5.21 Å². The fraction of sp³-hybridized carbons (Fsp3) is 0. The first-order valence-electron chi connectivity index (χ1n) is 0.409. The van der Waals surface area contributed by atoms with Crippen LogP contribution in [0.25, 0.3) is 0 Å². The van der Waals surface area contributed by atoms with Crippen molar-refractivity contribution in [1.82, 2.24) is 0 Å². The third-order valence-electron chi connectivity index (χ3n) is 0. The summed E-state index contributed by atoms with van der Waals surface area (Å²) in [5, 5.41) is 6.50. The van der Waals surface area contributed by atoms with Gasteiger partial charge in [-0.1, -0.05) is 0 Å². The van der Waals surface area contributed by atoms with Crippen molar-refractivity contribution in [1.29, 1.82) is 3.76 Å². The summed E-state index contributed by atoms with van der Waals surface area (Å²) in [6.45, 7) is 0. The van der Waals surface area contributed by atoms with Crippen LogP contribution in [0.15, 0.2) is 0 Å². The van der Waals surface area contributed by atoms with Crippen molar-refractivity contribution < 1.29 is 26.1 Å². The van der Waals surface area contributed by atoms with Crippen LogP contribution in [0.3, 0.4) is 0 Å². The Kier molecular flexibility index (Phi) is 218. The van der Waals surface area contributed by atoms with Gasteiger partial charge in [-0.3, -0.25) is 0 Å². The van der Waals surface area contributed by atoms with E-state index in [1.165, 1.54) is 0 Å². The van der Waals surface area contributed by atoms with Crippen LogP contribution in [0.2, 0.25) is 0 Å². The van der Waals surface area contributed by atoms with E-state index in [4.69, 9.17) is 8.96 Å². The standard InChI is InChI=1S/Ag.H3NO.HN/c;1-2;/h;2H,1H2;1H. The van der Waals surface area contributed by atoms with Crippen molar-refractivity contribution >= 4 is 0 Å². The van der Waals surface area contributed by atoms with Crippen molar-refractivity contribution in [2.45, 2.75) is 0 Å². The molecular weight excluding hydrogens is 152 g/mol. The molecule has 0 heterocycles. The van der Waals surface area contributed by atoms with Gasteiger partial charge < -0.3 is 5.21 Å². The molecule has 0 aliphatic carbocycles. The number of nitrogens with two attached hydrogens (primary N) is 1. The van der Waals surface area contributed by atoms with Crippen molar-refractivity contribution in [3.8, 4) is 0 Å². The third kappa shape index (κ3) is 24.8. The zero-order valence-corrected chi connectivity index (χ0v) is 3.31. The predicted molar refractivity (Wildman–Crippen MR) is 8.69 cm³/mol. The average molecular weight is 156 g/mol. The summed E-state index contributed by atoms with van der Waals surface area (Å²) in [5.41, 5.74) is 0. The molecule has 3 nitrogen and oxygen atoms in total. The molecule has 0 radical (unpaired) electrons. The Bertz CT molecular complexity index is 6.00. The molecule has 0 aliphatic heterocycles. The van der Waals surface area contributed by atoms with E-state index in [0.29, 0.717) is 0 Å². The topological polar surface area (TPSA) is 70.1 Å². The molecule has 0 aliphatic rings. The van der Waals surface area contributed by atoms with E-state index in [0.717, 1.165) is 0 Å². The van der Waals surface area contributed by atoms with Crippen LogP contribution < -0.4 is 5.90 Å². The zero-order valence-electron chi connectivity index (χ0n) is 1.83. The van der Waals surface area contributed by atoms with Gasteiger partial charge >= 0.3 is 24.6 Å². The molecule has 31 valence electrons. The number of nitrogens with one attached hydrogen (secondary N) is 1. The molecule has 0 unspecified atom stereocenters. The Balaban J connectivity index is 0. The van der Waals surface area contributed by atoms with Crippen LogP contribution in [0.5, 0.6) is 0 Å². The first-order chi connectivity index (χ1) is 2.00. The fourth-order valence-electron chi connectivity index (χ4n) is 0. The molecule has 4 heavy (non-hydrogen) atoms. The fourth-order valence-corrected chi connectivity index (χ4v) is 0. The molecule has 4 heteroatoms. The molecule has 0 amide bonds. The SMILES string of the molecule is NO.[NH]=[Ag]. The summed E-state index contributed by atoms with van der Waals surface area (Å²) >= 11 is 2.20. The summed E-state index contributed by atoms with van der Waals surface area (Å²) < 4.78 is 5.56. The second-order valence-electron chi connectivity index (χ2n) is 0. The van der Waals surface area contributed by atoms with Crippen molar-refractivity contribution in [2.24, 2.45) is 5.90 Å². The predicted octanol–water partition coefficient (Wildman–Crippen LogP) is -0.370. The number of hydrogen-bond donors (Lipinski definition) is 3. The Hall–Kier alpha value is 0.460. The average Bonchev–Trinajstić information content (AvgIpc) is 1.50. The quantitative estimate of drug-likeness (QED) is 0.330. The molecule has 0 spiro atoms. The summed E-state index contributed by atoms with van der Waals surface area (Å²) in [5.74, 6) is 3.50. The van der Waals surface area contributed by atoms with E-state index < -0.39 is 0 Å². The van der Waals surface area contributed by atoms with Crippen LogP contribution in [0.1, 0.15) is 0 Å². The molecule has 0 saturated heterocycles. The van der Waals surface area contributed by atoms with Crippen LogP contribution in [0, 0.1) is 3.76 Å². The molecule has 0 atom stereocenters. The maximum atomic E-state index is 6.50. The van der Waals surface area contributed by atoms with Crippen LogP contribution in [-0.2, 0) is 20.9 Å². The van der Waals surface area contributed by atoms with Gasteiger partial charge in [0, 0.05) is 0 Å². The van der Waals surface area contributed by atoms with E-state index in [-0.39, 0.29) is 0 Å². The summed E-state index contributed by atoms with van der Waals surface area (Å²) in [6, 6.07) is 0. The van der Waals surface area contributed by atoms with Gasteiger partial charge in [0.25, 0.3) is 0 Å². The van der Waals surface area contributed by atoms with Gasteiger partial charge in [0.05, 0.1) is 0 Å². The maximum absolute atomic E-state index is 6.50. The third-order valence-corrected chi connectivity index (χ3v) is 0. The molecule has 0 bridgehead atoms. The summed E-state index contributed by atoms with van der Waals surface area (Å²) in [6.07, 6.45) is 0. The molecule has 4 N–H and O–H groups in total. The molecule has 0 aromatic rings. The first kappa shape index (κ1) is 8.82. The summed E-state index contributed by atoms with van der Waals surface area (Å²) in [7, 11) is 0. The number of rotatable bonds is 0. The minimum absolute atomic E-state index is 2.20. The van der Waals surface area contributed by atoms with Gasteiger partial charge in [-0.15, -0.1) is 0 Å². The van der Waals surface area contributed by atoms with Crippen molar-refractivity contribution in [2.75, 3.05) is 0 Å². The first-order valence-corrected chi connectivity index (χ1v) is 1.15. The van der Waals surface area contributed by atoms with Crippen LogP contribution in [0.4, 0.5) is 0 Å². The van der Waals surface area contributed by atoms with Gasteiger partial charge in [-0.25, -0.2) is 5.90 Å². The second-order valence-corrected chi connectivity index (χ2v) is 0. The van der Waals surface area contributed by atoms with Gasteiger partial charge in [0.2, 0.25) is 0 Å². The number of hydrogen-bond acceptors (Lipinski definition) is 3. The van der Waals surface area contributed by atoms with E-state index in [1.54, 1.807) is 0 Å². The van der Waals surface area contributed by atoms with Gasteiger partial charge in [-0.05, 0) is 0 Å². The van der Waals surface area contributed by atoms with Gasteiger partial charge in [0.1, 0.15) is 0 Å². The molecular formula is H4AgN2O. The summed E-state index contributed by atoms with van der Waals surface area (Å²) in [4.78, 5) is 0. The Labute approximate surface area is 36.3 Å². The van der Waals surface area contributed by atoms with E-state index in [2.05, 4.69) is 26.8 Å². The monoisotopic (exact) mass is 155 g/mol. The van der Waals surface area contributed by atoms with E-state index in [9.17, 15) is 0 Å². The Morgan fingerprint density at radius 2 is 1.50 bits per heavy atom. The molecule has 0 rings (SSSR count). The zero-order chi connectivity index (χ0) is 4.00. The Morgan fingerprint density at radius 3 is 1.50 bits per heavy atom. The molecule has 0 aromatic heterocycles. The van der Waals surface area contributed by atoms with Gasteiger partial charge in [0.15, 0.2) is 0 Å². The van der Waals surface area contributed by atoms with E-state index >= 15 is 0 Å². The minimum atomic E-state index is 2.20. The van der Waals surface area contributed by atoms with Crippen molar-refractivity contribution in [3.63, 3.8) is 0 Å².